The lowest BCUT2D eigenvalue weighted by Crippen LogP contribution is -2.51. The molecule has 0 bridgehead atoms. The molecule has 0 aromatic carbocycles. The number of carbonyl (C=O) groups excluding carboxylic acids is 2. The molecule has 2 heterocycles. The molecule has 7 nitrogen and oxygen atoms in total. The van der Waals surface area contributed by atoms with Gasteiger partial charge in [0.25, 0.3) is 5.91 Å². The second-order valence-electron chi connectivity index (χ2n) is 5.99. The lowest BCUT2D eigenvalue weighted by molar-refractivity contribution is 0.0140. The first-order chi connectivity index (χ1) is 10.3. The van der Waals surface area contributed by atoms with E-state index >= 15 is 0 Å². The van der Waals surface area contributed by atoms with Gasteiger partial charge < -0.3 is 14.5 Å². The van der Waals surface area contributed by atoms with Crippen LogP contribution in [0.15, 0.2) is 12.4 Å². The summed E-state index contributed by atoms with van der Waals surface area (Å²) in [5.74, 6) is -0.215. The SMILES string of the molecule is CC(C)(C)OC(=O)N1CCN(C(=O)c2cc(Cl)ncn2)CC1. The first kappa shape index (κ1) is 16.5. The molecular formula is C14H19ClN4O3. The van der Waals surface area contributed by atoms with Crippen LogP contribution in [0, 0.1) is 0 Å². The predicted octanol–water partition coefficient (Wildman–Crippen LogP) is 1.82. The van der Waals surface area contributed by atoms with Gasteiger partial charge in [-0.3, -0.25) is 4.79 Å². The highest BCUT2D eigenvalue weighted by atomic mass is 35.5. The van der Waals surface area contributed by atoms with Crippen molar-refractivity contribution in [1.82, 2.24) is 19.8 Å². The molecule has 1 aliphatic heterocycles. The second-order valence-corrected chi connectivity index (χ2v) is 6.37. The molecule has 0 unspecified atom stereocenters. The summed E-state index contributed by atoms with van der Waals surface area (Å²) in [6.07, 6.45) is 0.900. The third-order valence-corrected chi connectivity index (χ3v) is 3.28. The predicted molar refractivity (Wildman–Crippen MR) is 80.8 cm³/mol. The van der Waals surface area contributed by atoms with E-state index in [0.717, 1.165) is 0 Å². The molecule has 0 aliphatic carbocycles. The van der Waals surface area contributed by atoms with Crippen LogP contribution in [0.1, 0.15) is 31.3 Å². The summed E-state index contributed by atoms with van der Waals surface area (Å²) in [7, 11) is 0. The smallest absolute Gasteiger partial charge is 0.410 e. The molecule has 0 spiro atoms. The first-order valence-corrected chi connectivity index (χ1v) is 7.39. The number of nitrogens with zero attached hydrogens (tertiary/aromatic N) is 4. The van der Waals surface area contributed by atoms with Crippen molar-refractivity contribution in [2.24, 2.45) is 0 Å². The number of halogens is 1. The number of hydrogen-bond acceptors (Lipinski definition) is 5. The molecule has 1 aliphatic rings. The highest BCUT2D eigenvalue weighted by molar-refractivity contribution is 6.29. The van der Waals surface area contributed by atoms with Gasteiger partial charge in [-0.05, 0) is 20.8 Å². The summed E-state index contributed by atoms with van der Waals surface area (Å²) in [4.78, 5) is 35.2. The van der Waals surface area contributed by atoms with Crippen molar-refractivity contribution in [3.05, 3.63) is 23.2 Å². The van der Waals surface area contributed by atoms with Gasteiger partial charge in [-0.2, -0.15) is 0 Å². The van der Waals surface area contributed by atoms with E-state index in [9.17, 15) is 9.59 Å². The zero-order valence-corrected chi connectivity index (χ0v) is 13.6. The zero-order chi connectivity index (χ0) is 16.3. The standard InChI is InChI=1S/C14H19ClN4O3/c1-14(2,3)22-13(21)19-6-4-18(5-7-19)12(20)10-8-11(15)17-9-16-10/h8-9H,4-7H2,1-3H3. The zero-order valence-electron chi connectivity index (χ0n) is 12.9. The van der Waals surface area contributed by atoms with E-state index < -0.39 is 5.60 Å². The topological polar surface area (TPSA) is 75.6 Å². The first-order valence-electron chi connectivity index (χ1n) is 7.01. The molecular weight excluding hydrogens is 308 g/mol. The van der Waals surface area contributed by atoms with E-state index in [4.69, 9.17) is 16.3 Å². The van der Waals surface area contributed by atoms with Gasteiger partial charge in [0.2, 0.25) is 0 Å². The Kier molecular flexibility index (Phi) is 4.85. The lowest BCUT2D eigenvalue weighted by Gasteiger charge is -2.35. The van der Waals surface area contributed by atoms with Crippen LogP contribution in [-0.4, -0.2) is 63.5 Å². The number of piperazine rings is 1. The molecule has 120 valence electrons. The number of amides is 2. The Morgan fingerprint density at radius 1 is 1.14 bits per heavy atom. The molecule has 0 N–H and O–H groups in total. The third-order valence-electron chi connectivity index (χ3n) is 3.07. The van der Waals surface area contributed by atoms with E-state index in [1.54, 1.807) is 9.80 Å². The van der Waals surface area contributed by atoms with Gasteiger partial charge in [-0.25, -0.2) is 14.8 Å². The highest BCUT2D eigenvalue weighted by Crippen LogP contribution is 2.13. The van der Waals surface area contributed by atoms with Crippen LogP contribution in [0.4, 0.5) is 4.79 Å². The van der Waals surface area contributed by atoms with Gasteiger partial charge in [-0.1, -0.05) is 11.6 Å². The van der Waals surface area contributed by atoms with Crippen LogP contribution >= 0.6 is 11.6 Å². The Morgan fingerprint density at radius 2 is 1.73 bits per heavy atom. The van der Waals surface area contributed by atoms with Crippen LogP contribution in [0.5, 0.6) is 0 Å². The maximum atomic E-state index is 12.3. The Hall–Kier alpha value is -1.89. The molecule has 1 fully saturated rings. The molecule has 1 aromatic heterocycles. The fraction of sp³-hybridized carbons (Fsp3) is 0.571. The number of hydrogen-bond donors (Lipinski definition) is 0. The van der Waals surface area contributed by atoms with Gasteiger partial charge in [0.1, 0.15) is 22.8 Å². The molecule has 1 saturated heterocycles. The van der Waals surface area contributed by atoms with E-state index in [2.05, 4.69) is 9.97 Å². The van der Waals surface area contributed by atoms with Gasteiger partial charge in [0.15, 0.2) is 0 Å². The average Bonchev–Trinajstić information content (AvgIpc) is 2.45. The molecule has 1 aromatic rings. The second kappa shape index (κ2) is 6.48. The van der Waals surface area contributed by atoms with E-state index in [1.807, 2.05) is 20.8 Å². The van der Waals surface area contributed by atoms with Gasteiger partial charge >= 0.3 is 6.09 Å². The summed E-state index contributed by atoms with van der Waals surface area (Å²) in [6.45, 7) is 7.19. The minimum absolute atomic E-state index is 0.215. The van der Waals surface area contributed by atoms with Crippen molar-refractivity contribution in [2.45, 2.75) is 26.4 Å². The van der Waals surface area contributed by atoms with E-state index in [1.165, 1.54) is 12.4 Å². The van der Waals surface area contributed by atoms with Crippen LogP contribution < -0.4 is 0 Å². The summed E-state index contributed by atoms with van der Waals surface area (Å²) < 4.78 is 5.32. The molecule has 22 heavy (non-hydrogen) atoms. The summed E-state index contributed by atoms with van der Waals surface area (Å²) in [5.41, 5.74) is -0.271. The molecule has 8 heteroatoms. The molecule has 0 radical (unpaired) electrons. The summed E-state index contributed by atoms with van der Waals surface area (Å²) in [6, 6.07) is 1.43. The van der Waals surface area contributed by atoms with E-state index in [0.29, 0.717) is 26.2 Å². The normalized spacial score (nSPS) is 15.6. The number of carbonyl (C=O) groups is 2. The van der Waals surface area contributed by atoms with Crippen LogP contribution in [0.25, 0.3) is 0 Å². The molecule has 2 amide bonds. The summed E-state index contributed by atoms with van der Waals surface area (Å²) >= 11 is 5.76. The lowest BCUT2D eigenvalue weighted by atomic mass is 10.2. The van der Waals surface area contributed by atoms with Crippen molar-refractivity contribution in [3.63, 3.8) is 0 Å². The fourth-order valence-corrected chi connectivity index (χ4v) is 2.18. The van der Waals surface area contributed by atoms with Crippen molar-refractivity contribution in [2.75, 3.05) is 26.2 Å². The average molecular weight is 327 g/mol. The number of ether oxygens (including phenoxy) is 1. The molecule has 2 rings (SSSR count). The van der Waals surface area contributed by atoms with Crippen LogP contribution in [0.2, 0.25) is 5.15 Å². The van der Waals surface area contributed by atoms with E-state index in [-0.39, 0.29) is 22.8 Å². The molecule has 0 atom stereocenters. The van der Waals surface area contributed by atoms with Gasteiger partial charge in [0, 0.05) is 32.2 Å². The van der Waals surface area contributed by atoms with Crippen LogP contribution in [-0.2, 0) is 4.74 Å². The Bertz CT molecular complexity index is 565. The monoisotopic (exact) mass is 326 g/mol. The summed E-state index contributed by atoms with van der Waals surface area (Å²) in [5, 5.41) is 0.228. The number of rotatable bonds is 1. The largest absolute Gasteiger partial charge is 0.444 e. The molecule has 0 saturated carbocycles. The maximum absolute atomic E-state index is 12.3. The fourth-order valence-electron chi connectivity index (χ4n) is 2.03. The Morgan fingerprint density at radius 3 is 2.27 bits per heavy atom. The van der Waals surface area contributed by atoms with Crippen molar-refractivity contribution >= 4 is 23.6 Å². The Balaban J connectivity index is 1.92. The Labute approximate surface area is 134 Å². The minimum Gasteiger partial charge on any atom is -0.444 e. The van der Waals surface area contributed by atoms with Crippen molar-refractivity contribution in [3.8, 4) is 0 Å². The third kappa shape index (κ3) is 4.30. The maximum Gasteiger partial charge on any atom is 0.410 e. The van der Waals surface area contributed by atoms with Crippen molar-refractivity contribution in [1.29, 1.82) is 0 Å². The van der Waals surface area contributed by atoms with Crippen LogP contribution in [0.3, 0.4) is 0 Å². The minimum atomic E-state index is -0.526. The van der Waals surface area contributed by atoms with Crippen molar-refractivity contribution < 1.29 is 14.3 Å². The highest BCUT2D eigenvalue weighted by Gasteiger charge is 2.28. The van der Waals surface area contributed by atoms with Gasteiger partial charge in [0.05, 0.1) is 0 Å². The van der Waals surface area contributed by atoms with Gasteiger partial charge in [-0.15, -0.1) is 0 Å². The number of aromatic nitrogens is 2. The quantitative estimate of drug-likeness (QED) is 0.736.